The minimum atomic E-state index is 0.202. The van der Waals surface area contributed by atoms with E-state index in [2.05, 4.69) is 58.2 Å². The maximum Gasteiger partial charge on any atom is 0.0527 e. The van der Waals surface area contributed by atoms with E-state index in [9.17, 15) is 0 Å². The van der Waals surface area contributed by atoms with Crippen molar-refractivity contribution in [2.45, 2.75) is 53.0 Å². The van der Waals surface area contributed by atoms with Crippen LogP contribution in [0.15, 0.2) is 6.20 Å². The highest BCUT2D eigenvalue weighted by Crippen LogP contribution is 2.64. The predicted molar refractivity (Wildman–Crippen MR) is 75.7 cm³/mol. The van der Waals surface area contributed by atoms with E-state index in [1.54, 1.807) is 0 Å². The number of nitrogens with one attached hydrogen (secondary N) is 1. The van der Waals surface area contributed by atoms with E-state index in [0.717, 1.165) is 12.5 Å². The van der Waals surface area contributed by atoms with Crippen molar-refractivity contribution in [1.82, 2.24) is 15.1 Å². The van der Waals surface area contributed by atoms with Crippen LogP contribution in [-0.4, -0.2) is 21.9 Å². The molecular formula is C15H27N3. The van der Waals surface area contributed by atoms with E-state index in [4.69, 9.17) is 0 Å². The van der Waals surface area contributed by atoms with Crippen molar-refractivity contribution in [3.8, 4) is 0 Å². The first kappa shape index (κ1) is 13.6. The van der Waals surface area contributed by atoms with E-state index in [-0.39, 0.29) is 5.54 Å². The molecule has 2 unspecified atom stereocenters. The van der Waals surface area contributed by atoms with Crippen molar-refractivity contribution >= 4 is 0 Å². The molecule has 2 atom stereocenters. The molecule has 0 spiro atoms. The van der Waals surface area contributed by atoms with Crippen LogP contribution in [0.1, 0.15) is 51.8 Å². The summed E-state index contributed by atoms with van der Waals surface area (Å²) in [5.74, 6) is 1.38. The van der Waals surface area contributed by atoms with Gasteiger partial charge >= 0.3 is 0 Å². The van der Waals surface area contributed by atoms with E-state index in [1.165, 1.54) is 11.3 Å². The van der Waals surface area contributed by atoms with Crippen molar-refractivity contribution in [2.75, 3.05) is 6.54 Å². The third kappa shape index (κ3) is 2.33. The lowest BCUT2D eigenvalue weighted by Gasteiger charge is -2.21. The average molecular weight is 249 g/mol. The molecular weight excluding hydrogens is 222 g/mol. The zero-order chi connectivity index (χ0) is 13.7. The largest absolute Gasteiger partial charge is 0.312 e. The molecule has 0 saturated heterocycles. The first-order valence-corrected chi connectivity index (χ1v) is 6.88. The molecule has 18 heavy (non-hydrogen) atoms. The highest BCUT2D eigenvalue weighted by Gasteiger charge is 2.58. The van der Waals surface area contributed by atoms with Crippen molar-refractivity contribution in [1.29, 1.82) is 0 Å². The van der Waals surface area contributed by atoms with Gasteiger partial charge in [0.25, 0.3) is 0 Å². The molecule has 0 bridgehead atoms. The predicted octanol–water partition coefficient (Wildman–Crippen LogP) is 2.86. The maximum atomic E-state index is 4.38. The maximum absolute atomic E-state index is 4.38. The van der Waals surface area contributed by atoms with Gasteiger partial charge in [-0.25, -0.2) is 0 Å². The molecule has 1 aliphatic carbocycles. The number of aromatic nitrogens is 2. The fraction of sp³-hybridized carbons (Fsp3) is 0.800. The van der Waals surface area contributed by atoms with Crippen molar-refractivity contribution in [3.05, 3.63) is 17.5 Å². The highest BCUT2D eigenvalue weighted by atomic mass is 15.3. The minimum absolute atomic E-state index is 0.202. The Labute approximate surface area is 111 Å². The van der Waals surface area contributed by atoms with Gasteiger partial charge in [0.2, 0.25) is 0 Å². The molecule has 1 saturated carbocycles. The van der Waals surface area contributed by atoms with Gasteiger partial charge in [0.05, 0.1) is 6.20 Å². The number of nitrogens with zero attached hydrogens (tertiary/aromatic N) is 2. The van der Waals surface area contributed by atoms with Crippen LogP contribution in [-0.2, 0) is 7.05 Å². The Hall–Kier alpha value is -0.830. The Kier molecular flexibility index (Phi) is 3.09. The van der Waals surface area contributed by atoms with Crippen LogP contribution in [0.2, 0.25) is 0 Å². The van der Waals surface area contributed by atoms with Gasteiger partial charge in [-0.15, -0.1) is 0 Å². The molecule has 1 aromatic rings. The molecule has 1 heterocycles. The Morgan fingerprint density at radius 3 is 2.44 bits per heavy atom. The van der Waals surface area contributed by atoms with Gasteiger partial charge in [0.1, 0.15) is 0 Å². The number of hydrogen-bond donors (Lipinski definition) is 1. The van der Waals surface area contributed by atoms with Crippen LogP contribution in [0, 0.1) is 18.3 Å². The summed E-state index contributed by atoms with van der Waals surface area (Å²) in [7, 11) is 2.02. The number of hydrogen-bond acceptors (Lipinski definition) is 2. The summed E-state index contributed by atoms with van der Waals surface area (Å²) in [5.41, 5.74) is 3.34. The first-order chi connectivity index (χ1) is 8.14. The van der Waals surface area contributed by atoms with Gasteiger partial charge in [0.15, 0.2) is 0 Å². The van der Waals surface area contributed by atoms with E-state index < -0.39 is 0 Å². The summed E-state index contributed by atoms with van der Waals surface area (Å²) >= 11 is 0. The number of rotatable bonds is 3. The second-order valence-electron chi connectivity index (χ2n) is 7.35. The van der Waals surface area contributed by atoms with Crippen LogP contribution in [0.4, 0.5) is 0 Å². The third-order valence-corrected chi connectivity index (χ3v) is 4.51. The monoisotopic (exact) mass is 249 g/mol. The van der Waals surface area contributed by atoms with Gasteiger partial charge in [0, 0.05) is 18.3 Å². The quantitative estimate of drug-likeness (QED) is 0.892. The molecule has 0 amide bonds. The fourth-order valence-electron chi connectivity index (χ4n) is 2.98. The SMILES string of the molecule is Cc1c(C2C(CNC(C)(C)C)C2(C)C)cnn1C. The van der Waals surface area contributed by atoms with Gasteiger partial charge in [-0.3, -0.25) is 4.68 Å². The summed E-state index contributed by atoms with van der Waals surface area (Å²) in [6.07, 6.45) is 2.05. The van der Waals surface area contributed by atoms with E-state index in [1.807, 2.05) is 11.7 Å². The van der Waals surface area contributed by atoms with Crippen molar-refractivity contribution in [3.63, 3.8) is 0 Å². The topological polar surface area (TPSA) is 29.9 Å². The van der Waals surface area contributed by atoms with Gasteiger partial charge in [-0.1, -0.05) is 13.8 Å². The molecule has 1 fully saturated rings. The molecule has 0 aromatic carbocycles. The summed E-state index contributed by atoms with van der Waals surface area (Å²) in [6.45, 7) is 14.7. The second kappa shape index (κ2) is 4.09. The Balaban J connectivity index is 2.09. The summed E-state index contributed by atoms with van der Waals surface area (Å²) in [6, 6.07) is 0. The summed E-state index contributed by atoms with van der Waals surface area (Å²) in [4.78, 5) is 0. The summed E-state index contributed by atoms with van der Waals surface area (Å²) in [5, 5.41) is 8.02. The van der Waals surface area contributed by atoms with E-state index >= 15 is 0 Å². The fourth-order valence-corrected chi connectivity index (χ4v) is 2.98. The normalized spacial score (nSPS) is 26.4. The first-order valence-electron chi connectivity index (χ1n) is 6.88. The molecule has 1 aliphatic rings. The lowest BCUT2D eigenvalue weighted by atomic mass is 10.0. The standard InChI is InChI=1S/C15H27N3/c1-10-11(8-17-18(10)7)13-12(15(13,5)6)9-16-14(2,3)4/h8,12-13,16H,9H2,1-7H3. The van der Waals surface area contributed by atoms with Crippen LogP contribution in [0.3, 0.4) is 0 Å². The zero-order valence-corrected chi connectivity index (χ0v) is 12.8. The van der Waals surface area contributed by atoms with Gasteiger partial charge in [-0.2, -0.15) is 5.10 Å². The average Bonchev–Trinajstić information content (AvgIpc) is 2.60. The Morgan fingerprint density at radius 2 is 2.00 bits per heavy atom. The molecule has 0 radical (unpaired) electrons. The van der Waals surface area contributed by atoms with Crippen LogP contribution >= 0.6 is 0 Å². The van der Waals surface area contributed by atoms with Crippen LogP contribution < -0.4 is 5.32 Å². The minimum Gasteiger partial charge on any atom is -0.312 e. The molecule has 1 aromatic heterocycles. The third-order valence-electron chi connectivity index (χ3n) is 4.51. The number of aryl methyl sites for hydroxylation is 1. The molecule has 3 heteroatoms. The highest BCUT2D eigenvalue weighted by molar-refractivity contribution is 5.33. The molecule has 3 nitrogen and oxygen atoms in total. The molecule has 0 aliphatic heterocycles. The smallest absolute Gasteiger partial charge is 0.0527 e. The Bertz CT molecular complexity index is 437. The zero-order valence-electron chi connectivity index (χ0n) is 12.8. The molecule has 102 valence electrons. The van der Waals surface area contributed by atoms with Gasteiger partial charge < -0.3 is 5.32 Å². The molecule has 1 N–H and O–H groups in total. The van der Waals surface area contributed by atoms with Crippen molar-refractivity contribution < 1.29 is 0 Å². The lowest BCUT2D eigenvalue weighted by Crippen LogP contribution is -2.37. The lowest BCUT2D eigenvalue weighted by molar-refractivity contribution is 0.396. The molecule has 2 rings (SSSR count). The van der Waals surface area contributed by atoms with Gasteiger partial charge in [-0.05, 0) is 57.1 Å². The van der Waals surface area contributed by atoms with Crippen LogP contribution in [0.25, 0.3) is 0 Å². The Morgan fingerprint density at radius 1 is 1.39 bits per heavy atom. The van der Waals surface area contributed by atoms with Crippen molar-refractivity contribution in [2.24, 2.45) is 18.4 Å². The van der Waals surface area contributed by atoms with Crippen LogP contribution in [0.5, 0.6) is 0 Å². The summed E-state index contributed by atoms with van der Waals surface area (Å²) < 4.78 is 1.98. The van der Waals surface area contributed by atoms with E-state index in [0.29, 0.717) is 11.3 Å². The second-order valence-corrected chi connectivity index (χ2v) is 7.35.